The van der Waals surface area contributed by atoms with Gasteiger partial charge in [0.15, 0.2) is 0 Å². The molecule has 0 spiro atoms. The van der Waals surface area contributed by atoms with Crippen LogP contribution in [-0.2, 0) is 9.53 Å². The van der Waals surface area contributed by atoms with Crippen LogP contribution in [0.4, 0.5) is 0 Å². The number of carbonyl (C=O) groups is 1. The molecule has 0 fully saturated rings. The summed E-state index contributed by atoms with van der Waals surface area (Å²) in [6.07, 6.45) is 11.3. The molecule has 2 nitrogen and oxygen atoms in total. The predicted octanol–water partition coefficient (Wildman–Crippen LogP) is 6.18. The summed E-state index contributed by atoms with van der Waals surface area (Å²) in [5.41, 5.74) is 1.74. The van der Waals surface area contributed by atoms with Gasteiger partial charge in [0, 0.05) is 5.92 Å². The quantitative estimate of drug-likeness (QED) is 0.556. The Labute approximate surface area is 155 Å². The van der Waals surface area contributed by atoms with Gasteiger partial charge in [0.2, 0.25) is 0 Å². The van der Waals surface area contributed by atoms with E-state index in [0.29, 0.717) is 29.1 Å². The van der Waals surface area contributed by atoms with Crippen LogP contribution in [-0.4, -0.2) is 12.1 Å². The SMILES string of the molecule is CC[C@H](C)C(=O)O[C@H]1C[C@@H](C)C=C2C=C[C@H](C)[C@H](CCC(C)(C)C)[C@H]21. The lowest BCUT2D eigenvalue weighted by Crippen LogP contribution is -2.41. The molecule has 2 rings (SSSR count). The van der Waals surface area contributed by atoms with E-state index in [0.717, 1.165) is 12.8 Å². The molecule has 142 valence electrons. The third kappa shape index (κ3) is 5.21. The molecule has 0 aromatic heterocycles. The predicted molar refractivity (Wildman–Crippen MR) is 105 cm³/mol. The molecule has 6 atom stereocenters. The van der Waals surface area contributed by atoms with Crippen molar-refractivity contribution in [3.63, 3.8) is 0 Å². The lowest BCUT2D eigenvalue weighted by Gasteiger charge is -2.43. The van der Waals surface area contributed by atoms with Gasteiger partial charge < -0.3 is 4.74 Å². The lowest BCUT2D eigenvalue weighted by molar-refractivity contribution is -0.158. The van der Waals surface area contributed by atoms with Crippen molar-refractivity contribution >= 4 is 5.97 Å². The van der Waals surface area contributed by atoms with Gasteiger partial charge in [-0.25, -0.2) is 0 Å². The van der Waals surface area contributed by atoms with E-state index in [1.54, 1.807) is 0 Å². The van der Waals surface area contributed by atoms with Crippen LogP contribution in [0.25, 0.3) is 0 Å². The van der Waals surface area contributed by atoms with Gasteiger partial charge in [-0.2, -0.15) is 0 Å². The monoisotopic (exact) mass is 346 g/mol. The van der Waals surface area contributed by atoms with E-state index in [-0.39, 0.29) is 18.0 Å². The molecule has 0 radical (unpaired) electrons. The third-order valence-electron chi connectivity index (χ3n) is 6.11. The van der Waals surface area contributed by atoms with E-state index in [1.165, 1.54) is 18.4 Å². The maximum absolute atomic E-state index is 12.5. The molecule has 0 aromatic carbocycles. The molecule has 2 aliphatic rings. The molecular formula is C23H38O2. The second kappa shape index (κ2) is 8.10. The van der Waals surface area contributed by atoms with Crippen LogP contribution >= 0.6 is 0 Å². The van der Waals surface area contributed by atoms with Gasteiger partial charge >= 0.3 is 5.97 Å². The molecule has 25 heavy (non-hydrogen) atoms. The van der Waals surface area contributed by atoms with Crippen LogP contribution in [0.1, 0.15) is 74.1 Å². The van der Waals surface area contributed by atoms with E-state index < -0.39 is 0 Å². The summed E-state index contributed by atoms with van der Waals surface area (Å²) < 4.78 is 6.08. The average Bonchev–Trinajstić information content (AvgIpc) is 2.52. The van der Waals surface area contributed by atoms with Crippen LogP contribution in [0.5, 0.6) is 0 Å². The van der Waals surface area contributed by atoms with Crippen LogP contribution in [0.2, 0.25) is 0 Å². The van der Waals surface area contributed by atoms with Gasteiger partial charge in [-0.3, -0.25) is 4.79 Å². The molecule has 0 saturated heterocycles. The van der Waals surface area contributed by atoms with E-state index in [4.69, 9.17) is 4.74 Å². The first-order valence-electron chi connectivity index (χ1n) is 10.2. The van der Waals surface area contributed by atoms with Gasteiger partial charge in [-0.15, -0.1) is 0 Å². The number of esters is 1. The highest BCUT2D eigenvalue weighted by Crippen LogP contribution is 2.45. The van der Waals surface area contributed by atoms with E-state index in [2.05, 4.69) is 59.8 Å². The lowest BCUT2D eigenvalue weighted by atomic mass is 9.64. The third-order valence-corrected chi connectivity index (χ3v) is 6.11. The molecule has 0 N–H and O–H groups in total. The van der Waals surface area contributed by atoms with Gasteiger partial charge in [0.1, 0.15) is 6.10 Å². The Hall–Kier alpha value is -1.05. The maximum atomic E-state index is 12.5. The highest BCUT2D eigenvalue weighted by Gasteiger charge is 2.41. The first-order chi connectivity index (χ1) is 11.6. The second-order valence-corrected chi connectivity index (χ2v) is 9.67. The summed E-state index contributed by atoms with van der Waals surface area (Å²) in [6.45, 7) is 15.5. The van der Waals surface area contributed by atoms with Crippen LogP contribution in [0.3, 0.4) is 0 Å². The number of hydrogen-bond donors (Lipinski definition) is 0. The molecule has 0 heterocycles. The summed E-state index contributed by atoms with van der Waals surface area (Å²) in [6, 6.07) is 0. The Morgan fingerprint density at radius 3 is 2.60 bits per heavy atom. The summed E-state index contributed by atoms with van der Waals surface area (Å²) >= 11 is 0. The Balaban J connectivity index is 2.23. The number of hydrogen-bond acceptors (Lipinski definition) is 2. The Bertz CT molecular complexity index is 523. The number of allylic oxidation sites excluding steroid dienone is 3. The molecule has 0 aliphatic heterocycles. The van der Waals surface area contributed by atoms with Crippen molar-refractivity contribution in [2.24, 2.45) is 35.0 Å². The summed E-state index contributed by atoms with van der Waals surface area (Å²) in [4.78, 5) is 12.5. The summed E-state index contributed by atoms with van der Waals surface area (Å²) in [5.74, 6) is 1.93. The van der Waals surface area contributed by atoms with Crippen LogP contribution in [0.15, 0.2) is 23.8 Å². The van der Waals surface area contributed by atoms with Crippen molar-refractivity contribution in [2.45, 2.75) is 80.3 Å². The fourth-order valence-electron chi connectivity index (χ4n) is 4.25. The fourth-order valence-corrected chi connectivity index (χ4v) is 4.25. The van der Waals surface area contributed by atoms with Crippen molar-refractivity contribution in [1.82, 2.24) is 0 Å². The molecule has 2 aliphatic carbocycles. The first kappa shape index (κ1) is 20.3. The Morgan fingerprint density at radius 1 is 1.32 bits per heavy atom. The number of carbonyl (C=O) groups excluding carboxylic acids is 1. The molecule has 0 amide bonds. The molecule has 0 unspecified atom stereocenters. The summed E-state index contributed by atoms with van der Waals surface area (Å²) in [5, 5.41) is 0. The van der Waals surface area contributed by atoms with Gasteiger partial charge in [0.25, 0.3) is 0 Å². The van der Waals surface area contributed by atoms with Crippen molar-refractivity contribution < 1.29 is 9.53 Å². The molecule has 0 saturated carbocycles. The number of rotatable bonds is 5. The Kier molecular flexibility index (Phi) is 6.56. The zero-order valence-electron chi connectivity index (χ0n) is 17.3. The van der Waals surface area contributed by atoms with Gasteiger partial charge in [-0.1, -0.05) is 66.7 Å². The normalized spacial score (nSPS) is 33.4. The summed E-state index contributed by atoms with van der Waals surface area (Å²) in [7, 11) is 0. The molecule has 0 bridgehead atoms. The number of ether oxygens (including phenoxy) is 1. The van der Waals surface area contributed by atoms with Crippen LogP contribution in [0, 0.1) is 35.0 Å². The molecular weight excluding hydrogens is 308 g/mol. The maximum Gasteiger partial charge on any atom is 0.308 e. The zero-order chi connectivity index (χ0) is 18.8. The van der Waals surface area contributed by atoms with E-state index in [1.807, 2.05) is 6.92 Å². The van der Waals surface area contributed by atoms with Gasteiger partial charge in [0.05, 0.1) is 5.92 Å². The minimum Gasteiger partial charge on any atom is -0.461 e. The van der Waals surface area contributed by atoms with E-state index >= 15 is 0 Å². The smallest absolute Gasteiger partial charge is 0.308 e. The molecule has 0 aromatic rings. The largest absolute Gasteiger partial charge is 0.461 e. The number of fused-ring (bicyclic) bond motifs is 1. The van der Waals surface area contributed by atoms with Crippen molar-refractivity contribution in [1.29, 1.82) is 0 Å². The Morgan fingerprint density at radius 2 is 2.00 bits per heavy atom. The van der Waals surface area contributed by atoms with Crippen molar-refractivity contribution in [3.05, 3.63) is 23.8 Å². The highest BCUT2D eigenvalue weighted by atomic mass is 16.5. The topological polar surface area (TPSA) is 26.3 Å². The standard InChI is InChI=1S/C23H38O2/c1-8-16(3)22(24)25-20-14-15(2)13-18-10-9-17(4)19(21(18)20)11-12-23(5,6)7/h9-10,13,15-17,19-21H,8,11-12,14H2,1-7H3/t15-,16-,17-,19-,20-,21-/m0/s1. The second-order valence-electron chi connectivity index (χ2n) is 9.67. The zero-order valence-corrected chi connectivity index (χ0v) is 17.3. The minimum atomic E-state index is -0.0160. The highest BCUT2D eigenvalue weighted by molar-refractivity contribution is 5.72. The minimum absolute atomic E-state index is 0.00533. The fraction of sp³-hybridized carbons (Fsp3) is 0.783. The van der Waals surface area contributed by atoms with Gasteiger partial charge in [-0.05, 0) is 54.4 Å². The van der Waals surface area contributed by atoms with Crippen molar-refractivity contribution in [2.75, 3.05) is 0 Å². The molecule has 2 heteroatoms. The first-order valence-corrected chi connectivity index (χ1v) is 10.2. The van der Waals surface area contributed by atoms with Crippen molar-refractivity contribution in [3.8, 4) is 0 Å². The van der Waals surface area contributed by atoms with E-state index in [9.17, 15) is 4.79 Å². The van der Waals surface area contributed by atoms with Crippen LogP contribution < -0.4 is 0 Å². The average molecular weight is 347 g/mol.